The van der Waals surface area contributed by atoms with E-state index < -0.39 is 0 Å². The van der Waals surface area contributed by atoms with Crippen LogP contribution in [0.5, 0.6) is 0 Å². The third-order valence-electron chi connectivity index (χ3n) is 5.23. The van der Waals surface area contributed by atoms with Gasteiger partial charge in [0.25, 0.3) is 5.91 Å². The van der Waals surface area contributed by atoms with Gasteiger partial charge < -0.3 is 14.7 Å². The molecule has 0 unspecified atom stereocenters. The van der Waals surface area contributed by atoms with Crippen LogP contribution in [-0.4, -0.2) is 70.9 Å². The number of amides is 1. The van der Waals surface area contributed by atoms with E-state index in [9.17, 15) is 4.79 Å². The van der Waals surface area contributed by atoms with Crippen LogP contribution in [0.15, 0.2) is 30.7 Å². The van der Waals surface area contributed by atoms with Gasteiger partial charge in [0.1, 0.15) is 0 Å². The van der Waals surface area contributed by atoms with Crippen LogP contribution in [-0.2, 0) is 0 Å². The molecule has 1 aliphatic heterocycles. The molecule has 0 radical (unpaired) electrons. The van der Waals surface area contributed by atoms with Crippen molar-refractivity contribution < 1.29 is 4.79 Å². The maximum atomic E-state index is 13.1. The van der Waals surface area contributed by atoms with Crippen LogP contribution in [0.4, 0.5) is 5.95 Å². The summed E-state index contributed by atoms with van der Waals surface area (Å²) in [5, 5.41) is 0. The van der Waals surface area contributed by atoms with Crippen LogP contribution >= 0.6 is 0 Å². The summed E-state index contributed by atoms with van der Waals surface area (Å²) in [6.45, 7) is 7.75. The van der Waals surface area contributed by atoms with Crippen LogP contribution in [0.1, 0.15) is 41.0 Å². The molecule has 2 aromatic heterocycles. The normalized spacial score (nSPS) is 16.2. The minimum absolute atomic E-state index is 0.0251. The lowest BCUT2D eigenvalue weighted by atomic mass is 10.0. The number of rotatable bonds is 5. The molecule has 0 N–H and O–H groups in total. The van der Waals surface area contributed by atoms with Gasteiger partial charge >= 0.3 is 0 Å². The van der Waals surface area contributed by atoms with Crippen molar-refractivity contribution in [1.82, 2.24) is 24.8 Å². The lowest BCUT2D eigenvalue weighted by Gasteiger charge is -2.32. The fraction of sp³-hybridized carbons (Fsp3) is 0.500. The number of carbonyl (C=O) groups excluding carboxylic acids is 1. The molecule has 0 saturated carbocycles. The molecular weight excluding hydrogens is 340 g/mol. The van der Waals surface area contributed by atoms with Crippen LogP contribution in [0.3, 0.4) is 0 Å². The Morgan fingerprint density at radius 2 is 2.00 bits per heavy atom. The number of hydrogen-bond acceptors (Lipinski definition) is 6. The van der Waals surface area contributed by atoms with E-state index in [0.29, 0.717) is 11.5 Å². The fourth-order valence-corrected chi connectivity index (χ4v) is 3.46. The summed E-state index contributed by atoms with van der Waals surface area (Å²) < 4.78 is 0. The van der Waals surface area contributed by atoms with Crippen LogP contribution in [0.25, 0.3) is 0 Å². The number of anilines is 1. The molecule has 0 aliphatic carbocycles. The van der Waals surface area contributed by atoms with Gasteiger partial charge in [0.05, 0.1) is 17.3 Å². The molecule has 0 bridgehead atoms. The first kappa shape index (κ1) is 19.2. The summed E-state index contributed by atoms with van der Waals surface area (Å²) in [6, 6.07) is 3.88. The molecule has 7 heteroatoms. The molecule has 7 nitrogen and oxygen atoms in total. The first-order valence-electron chi connectivity index (χ1n) is 9.45. The fourth-order valence-electron chi connectivity index (χ4n) is 3.46. The molecule has 1 fully saturated rings. The number of aryl methyl sites for hydroxylation is 1. The summed E-state index contributed by atoms with van der Waals surface area (Å²) in [5.74, 6) is 0.646. The Labute approximate surface area is 161 Å². The molecule has 0 aromatic carbocycles. The number of aromatic nitrogens is 3. The summed E-state index contributed by atoms with van der Waals surface area (Å²) in [6.07, 6.45) is 6.04. The number of piperazine rings is 1. The van der Waals surface area contributed by atoms with Gasteiger partial charge in [-0.3, -0.25) is 9.78 Å². The lowest BCUT2D eigenvalue weighted by molar-refractivity contribution is 0.0724. The lowest BCUT2D eigenvalue weighted by Crippen LogP contribution is -2.45. The molecule has 1 amide bonds. The number of pyridine rings is 1. The number of nitrogens with zero attached hydrogens (tertiary/aromatic N) is 6. The Morgan fingerprint density at radius 3 is 2.59 bits per heavy atom. The second kappa shape index (κ2) is 8.43. The summed E-state index contributed by atoms with van der Waals surface area (Å²) in [7, 11) is 3.95. The Morgan fingerprint density at radius 1 is 1.26 bits per heavy atom. The average molecular weight is 368 g/mol. The van der Waals surface area contributed by atoms with Crippen molar-refractivity contribution in [3.8, 4) is 0 Å². The summed E-state index contributed by atoms with van der Waals surface area (Å²) >= 11 is 0. The van der Waals surface area contributed by atoms with Gasteiger partial charge in [-0.1, -0.05) is 13.0 Å². The Hall–Kier alpha value is -2.54. The molecule has 1 atom stereocenters. The third kappa shape index (κ3) is 4.24. The molecular formula is C20H28N6O. The van der Waals surface area contributed by atoms with Crippen molar-refractivity contribution in [2.45, 2.75) is 26.3 Å². The molecule has 1 saturated heterocycles. The molecule has 144 valence electrons. The van der Waals surface area contributed by atoms with Crippen molar-refractivity contribution in [2.24, 2.45) is 0 Å². The zero-order valence-corrected chi connectivity index (χ0v) is 16.6. The standard InChI is InChI=1S/C20H28N6O/c1-5-18(16-7-6-8-21-13-16)25(4)19(27)17-14-22-20(23-15(17)2)26-11-9-24(3)10-12-26/h6-8,13-14,18H,5,9-12H2,1-4H3/t18-/m1/s1. The highest BCUT2D eigenvalue weighted by molar-refractivity contribution is 5.95. The molecule has 3 rings (SSSR count). The molecule has 3 heterocycles. The van der Waals surface area contributed by atoms with Gasteiger partial charge in [-0.25, -0.2) is 9.97 Å². The number of likely N-dealkylation sites (N-methyl/N-ethyl adjacent to an activating group) is 1. The smallest absolute Gasteiger partial charge is 0.257 e. The average Bonchev–Trinajstić information content (AvgIpc) is 2.69. The van der Waals surface area contributed by atoms with E-state index in [2.05, 4.69) is 38.7 Å². The van der Waals surface area contributed by atoms with Gasteiger partial charge in [0.15, 0.2) is 0 Å². The van der Waals surface area contributed by atoms with E-state index >= 15 is 0 Å². The van der Waals surface area contributed by atoms with E-state index in [-0.39, 0.29) is 11.9 Å². The molecule has 1 aliphatic rings. The van der Waals surface area contributed by atoms with Crippen LogP contribution in [0, 0.1) is 6.92 Å². The van der Waals surface area contributed by atoms with Gasteiger partial charge in [-0.2, -0.15) is 0 Å². The predicted molar refractivity (Wildman–Crippen MR) is 106 cm³/mol. The first-order chi connectivity index (χ1) is 13.0. The van der Waals surface area contributed by atoms with Gasteiger partial charge in [0.2, 0.25) is 5.95 Å². The zero-order chi connectivity index (χ0) is 19.4. The minimum atomic E-state index is -0.0619. The second-order valence-electron chi connectivity index (χ2n) is 7.09. The molecule has 0 spiro atoms. The monoisotopic (exact) mass is 368 g/mol. The van der Waals surface area contributed by atoms with Crippen LogP contribution in [0.2, 0.25) is 0 Å². The van der Waals surface area contributed by atoms with E-state index in [1.165, 1.54) is 0 Å². The van der Waals surface area contributed by atoms with Crippen molar-refractivity contribution >= 4 is 11.9 Å². The third-order valence-corrected chi connectivity index (χ3v) is 5.23. The highest BCUT2D eigenvalue weighted by Crippen LogP contribution is 2.24. The second-order valence-corrected chi connectivity index (χ2v) is 7.09. The van der Waals surface area contributed by atoms with E-state index in [1.807, 2.05) is 32.3 Å². The molecule has 2 aromatic rings. The Balaban J connectivity index is 1.78. The van der Waals surface area contributed by atoms with Gasteiger partial charge in [-0.05, 0) is 32.0 Å². The van der Waals surface area contributed by atoms with E-state index in [1.54, 1.807) is 17.3 Å². The van der Waals surface area contributed by atoms with Crippen molar-refractivity contribution in [1.29, 1.82) is 0 Å². The molecule has 27 heavy (non-hydrogen) atoms. The number of hydrogen-bond donors (Lipinski definition) is 0. The first-order valence-corrected chi connectivity index (χ1v) is 9.45. The SMILES string of the molecule is CC[C@H](c1cccnc1)N(C)C(=O)c1cnc(N2CCN(C)CC2)nc1C. The van der Waals surface area contributed by atoms with Gasteiger partial charge in [-0.15, -0.1) is 0 Å². The highest BCUT2D eigenvalue weighted by atomic mass is 16.2. The summed E-state index contributed by atoms with van der Waals surface area (Å²) in [4.78, 5) is 32.6. The maximum absolute atomic E-state index is 13.1. The Bertz CT molecular complexity index is 773. The highest BCUT2D eigenvalue weighted by Gasteiger charge is 2.24. The topological polar surface area (TPSA) is 65.5 Å². The van der Waals surface area contributed by atoms with Crippen LogP contribution < -0.4 is 4.90 Å². The zero-order valence-electron chi connectivity index (χ0n) is 16.6. The van der Waals surface area contributed by atoms with Crippen molar-refractivity contribution in [3.63, 3.8) is 0 Å². The maximum Gasteiger partial charge on any atom is 0.257 e. The Kier molecular flexibility index (Phi) is 6.01. The summed E-state index contributed by atoms with van der Waals surface area (Å²) in [5.41, 5.74) is 2.30. The van der Waals surface area contributed by atoms with Crippen molar-refractivity contribution in [3.05, 3.63) is 47.5 Å². The van der Waals surface area contributed by atoms with Gasteiger partial charge in [0, 0.05) is 51.8 Å². The minimum Gasteiger partial charge on any atom is -0.338 e. The largest absolute Gasteiger partial charge is 0.338 e. The quantitative estimate of drug-likeness (QED) is 0.806. The van der Waals surface area contributed by atoms with Crippen molar-refractivity contribution in [2.75, 3.05) is 45.2 Å². The number of carbonyl (C=O) groups is 1. The van der Waals surface area contributed by atoms with E-state index in [0.717, 1.165) is 43.9 Å². The van der Waals surface area contributed by atoms with E-state index in [4.69, 9.17) is 0 Å². The predicted octanol–water partition coefficient (Wildman–Crippen LogP) is 2.16.